The lowest BCUT2D eigenvalue weighted by Crippen LogP contribution is -2.16. The van der Waals surface area contributed by atoms with Crippen molar-refractivity contribution in [3.63, 3.8) is 0 Å². The zero-order valence-corrected chi connectivity index (χ0v) is 14.9. The Labute approximate surface area is 142 Å². The van der Waals surface area contributed by atoms with E-state index in [1.165, 1.54) is 0 Å². The van der Waals surface area contributed by atoms with Gasteiger partial charge in [-0.25, -0.2) is 4.98 Å². The fraction of sp³-hybridized carbons (Fsp3) is 0.389. The Hall–Kier alpha value is -2.00. The molecule has 0 bridgehead atoms. The van der Waals surface area contributed by atoms with E-state index in [0.717, 1.165) is 35.2 Å². The van der Waals surface area contributed by atoms with Crippen LogP contribution in [-0.2, 0) is 12.8 Å². The first-order valence-corrected chi connectivity index (χ1v) is 9.37. The SMILES string of the molecule is CCPC(=O)c1ccc(OCC2Cc3nc(C)[nH]c(=O)c3C2)cc1. The molecule has 2 atom stereocenters. The molecule has 3 rings (SSSR count). The lowest BCUT2D eigenvalue weighted by molar-refractivity contribution is 0.108. The van der Waals surface area contributed by atoms with Crippen LogP contribution in [0.1, 0.15) is 34.4 Å². The summed E-state index contributed by atoms with van der Waals surface area (Å²) in [5.41, 5.74) is 2.58. The number of aromatic nitrogens is 2. The summed E-state index contributed by atoms with van der Waals surface area (Å²) in [4.78, 5) is 31.0. The van der Waals surface area contributed by atoms with Crippen LogP contribution in [-0.4, -0.2) is 28.3 Å². The minimum atomic E-state index is -0.0281. The summed E-state index contributed by atoms with van der Waals surface area (Å²) in [7, 11) is 0.328. The van der Waals surface area contributed by atoms with Crippen LogP contribution in [0.25, 0.3) is 0 Å². The Morgan fingerprint density at radius 2 is 2.08 bits per heavy atom. The smallest absolute Gasteiger partial charge is 0.254 e. The van der Waals surface area contributed by atoms with Crippen LogP contribution in [0.4, 0.5) is 0 Å². The van der Waals surface area contributed by atoms with Gasteiger partial charge in [0.2, 0.25) is 0 Å². The van der Waals surface area contributed by atoms with E-state index in [1.807, 2.05) is 31.2 Å². The summed E-state index contributed by atoms with van der Waals surface area (Å²) >= 11 is 0. The van der Waals surface area contributed by atoms with Crippen LogP contribution in [0.5, 0.6) is 5.75 Å². The molecule has 1 aliphatic carbocycles. The number of hydrogen-bond donors (Lipinski definition) is 1. The maximum absolute atomic E-state index is 11.9. The van der Waals surface area contributed by atoms with Gasteiger partial charge in [0, 0.05) is 17.0 Å². The van der Waals surface area contributed by atoms with E-state index in [4.69, 9.17) is 4.74 Å². The van der Waals surface area contributed by atoms with Gasteiger partial charge in [-0.1, -0.05) is 6.92 Å². The molecular weight excluding hydrogens is 323 g/mol. The molecular formula is C18H21N2O3P. The van der Waals surface area contributed by atoms with Gasteiger partial charge < -0.3 is 9.72 Å². The second kappa shape index (κ2) is 7.27. The number of ether oxygens (including phenoxy) is 1. The average Bonchev–Trinajstić information content (AvgIpc) is 2.97. The highest BCUT2D eigenvalue weighted by atomic mass is 31.1. The molecule has 0 aliphatic heterocycles. The predicted molar refractivity (Wildman–Crippen MR) is 95.6 cm³/mol. The van der Waals surface area contributed by atoms with Gasteiger partial charge in [-0.05, 0) is 58.8 Å². The second-order valence-electron chi connectivity index (χ2n) is 6.05. The van der Waals surface area contributed by atoms with Crippen LogP contribution >= 0.6 is 8.58 Å². The highest BCUT2D eigenvalue weighted by Crippen LogP contribution is 2.24. The van der Waals surface area contributed by atoms with Crippen LogP contribution in [0.3, 0.4) is 0 Å². The molecule has 0 radical (unpaired) electrons. The number of H-pyrrole nitrogens is 1. The van der Waals surface area contributed by atoms with Crippen molar-refractivity contribution in [3.8, 4) is 5.75 Å². The van der Waals surface area contributed by atoms with Crippen molar-refractivity contribution in [2.75, 3.05) is 12.8 Å². The van der Waals surface area contributed by atoms with Crippen LogP contribution < -0.4 is 10.3 Å². The van der Waals surface area contributed by atoms with Gasteiger partial charge in [-0.3, -0.25) is 9.59 Å². The number of carbonyl (C=O) groups is 1. The van der Waals surface area contributed by atoms with Crippen molar-refractivity contribution in [2.24, 2.45) is 5.92 Å². The molecule has 0 amide bonds. The third-order valence-electron chi connectivity index (χ3n) is 4.13. The van der Waals surface area contributed by atoms with Gasteiger partial charge in [0.05, 0.1) is 12.3 Å². The van der Waals surface area contributed by atoms with Gasteiger partial charge in [-0.2, -0.15) is 0 Å². The molecule has 1 N–H and O–H groups in total. The quantitative estimate of drug-likeness (QED) is 0.818. The number of benzene rings is 1. The number of carbonyl (C=O) groups excluding carboxylic acids is 1. The monoisotopic (exact) mass is 344 g/mol. The van der Waals surface area contributed by atoms with E-state index in [9.17, 15) is 9.59 Å². The molecule has 1 aromatic carbocycles. The summed E-state index contributed by atoms with van der Waals surface area (Å²) in [6, 6.07) is 7.31. The third-order valence-corrected chi connectivity index (χ3v) is 5.10. The molecule has 24 heavy (non-hydrogen) atoms. The fourth-order valence-electron chi connectivity index (χ4n) is 2.98. The number of fused-ring (bicyclic) bond motifs is 1. The molecule has 1 aliphatic rings. The summed E-state index contributed by atoms with van der Waals surface area (Å²) in [6.45, 7) is 4.35. The Bertz CT molecular complexity index is 799. The standard InChI is InChI=1S/C18H21N2O3P/c1-3-24-18(22)13-4-6-14(7-5-13)23-10-12-8-15-16(9-12)19-11(2)20-17(15)21/h4-7,12,24H,3,8-10H2,1-2H3,(H,19,20,21). The summed E-state index contributed by atoms with van der Waals surface area (Å²) in [5, 5.41) is 0. The summed E-state index contributed by atoms with van der Waals surface area (Å²) in [6.07, 6.45) is 2.35. The molecule has 1 heterocycles. The number of nitrogens with zero attached hydrogens (tertiary/aromatic N) is 1. The fourth-order valence-corrected chi connectivity index (χ4v) is 3.67. The lowest BCUT2D eigenvalue weighted by atomic mass is 10.1. The minimum Gasteiger partial charge on any atom is -0.493 e. The Balaban J connectivity index is 1.58. The first-order valence-electron chi connectivity index (χ1n) is 8.16. The van der Waals surface area contributed by atoms with Gasteiger partial charge >= 0.3 is 0 Å². The number of aromatic amines is 1. The van der Waals surface area contributed by atoms with E-state index >= 15 is 0 Å². The van der Waals surface area contributed by atoms with Gasteiger partial charge in [0.25, 0.3) is 5.56 Å². The van der Waals surface area contributed by atoms with E-state index in [2.05, 4.69) is 9.97 Å². The molecule has 126 valence electrons. The van der Waals surface area contributed by atoms with Gasteiger partial charge in [0.15, 0.2) is 5.52 Å². The van der Waals surface area contributed by atoms with Crippen molar-refractivity contribution in [2.45, 2.75) is 26.7 Å². The zero-order chi connectivity index (χ0) is 17.1. The molecule has 2 aromatic rings. The van der Waals surface area contributed by atoms with Crippen LogP contribution in [0.2, 0.25) is 0 Å². The Morgan fingerprint density at radius 1 is 1.33 bits per heavy atom. The van der Waals surface area contributed by atoms with Crippen LogP contribution in [0.15, 0.2) is 29.1 Å². The second-order valence-corrected chi connectivity index (χ2v) is 7.56. The van der Waals surface area contributed by atoms with Crippen molar-refractivity contribution in [3.05, 3.63) is 57.3 Å². The molecule has 0 fully saturated rings. The molecule has 0 saturated carbocycles. The van der Waals surface area contributed by atoms with Crippen molar-refractivity contribution < 1.29 is 9.53 Å². The molecule has 1 aromatic heterocycles. The van der Waals surface area contributed by atoms with Gasteiger partial charge in [-0.15, -0.1) is 0 Å². The average molecular weight is 344 g/mol. The first kappa shape index (κ1) is 16.8. The normalized spacial score (nSPS) is 16.5. The molecule has 2 unspecified atom stereocenters. The lowest BCUT2D eigenvalue weighted by Gasteiger charge is -2.11. The number of hydrogen-bond acceptors (Lipinski definition) is 4. The Kier molecular flexibility index (Phi) is 5.10. The van der Waals surface area contributed by atoms with Crippen LogP contribution in [0, 0.1) is 12.8 Å². The summed E-state index contributed by atoms with van der Waals surface area (Å²) < 4.78 is 5.84. The third kappa shape index (κ3) is 3.73. The number of rotatable bonds is 6. The first-order chi connectivity index (χ1) is 11.6. The topological polar surface area (TPSA) is 72.0 Å². The zero-order valence-electron chi connectivity index (χ0n) is 13.9. The Morgan fingerprint density at radius 3 is 2.79 bits per heavy atom. The summed E-state index contributed by atoms with van der Waals surface area (Å²) in [5.74, 6) is 1.67. The highest BCUT2D eigenvalue weighted by molar-refractivity contribution is 7.58. The number of aryl methyl sites for hydroxylation is 1. The molecule has 0 saturated heterocycles. The number of nitrogens with one attached hydrogen (secondary N) is 1. The van der Waals surface area contributed by atoms with Gasteiger partial charge in [0.1, 0.15) is 11.6 Å². The maximum atomic E-state index is 11.9. The van der Waals surface area contributed by atoms with E-state index < -0.39 is 0 Å². The van der Waals surface area contributed by atoms with Crippen molar-refractivity contribution >= 4 is 14.1 Å². The predicted octanol–water partition coefficient (Wildman–Crippen LogP) is 2.71. The highest BCUT2D eigenvalue weighted by Gasteiger charge is 2.26. The maximum Gasteiger partial charge on any atom is 0.254 e. The van der Waals surface area contributed by atoms with Crippen molar-refractivity contribution in [1.29, 1.82) is 0 Å². The van der Waals surface area contributed by atoms with E-state index in [0.29, 0.717) is 27.4 Å². The van der Waals surface area contributed by atoms with E-state index in [-0.39, 0.29) is 17.0 Å². The minimum absolute atomic E-state index is 0.0281. The van der Waals surface area contributed by atoms with Crippen molar-refractivity contribution in [1.82, 2.24) is 9.97 Å². The molecule has 5 nitrogen and oxygen atoms in total. The van der Waals surface area contributed by atoms with E-state index in [1.54, 1.807) is 6.92 Å². The molecule has 0 spiro atoms. The molecule has 6 heteroatoms. The largest absolute Gasteiger partial charge is 0.493 e.